The van der Waals surface area contributed by atoms with Crippen LogP contribution >= 0.6 is 0 Å². The summed E-state index contributed by atoms with van der Waals surface area (Å²) in [6, 6.07) is 5.02. The van der Waals surface area contributed by atoms with Crippen molar-refractivity contribution in [1.29, 1.82) is 0 Å². The van der Waals surface area contributed by atoms with Crippen molar-refractivity contribution in [2.45, 2.75) is 72.4 Å². The summed E-state index contributed by atoms with van der Waals surface area (Å²) in [5, 5.41) is 13.2. The van der Waals surface area contributed by atoms with E-state index in [1.54, 1.807) is 18.2 Å². The number of aromatic hydroxyl groups is 1. The third-order valence-electron chi connectivity index (χ3n) is 6.43. The maximum absolute atomic E-state index is 13.6. The third-order valence-corrected chi connectivity index (χ3v) is 6.43. The highest BCUT2D eigenvalue weighted by molar-refractivity contribution is 6.15. The van der Waals surface area contributed by atoms with Gasteiger partial charge in [-0.25, -0.2) is 0 Å². The van der Waals surface area contributed by atoms with Crippen LogP contribution in [0.15, 0.2) is 37.6 Å². The zero-order valence-electron chi connectivity index (χ0n) is 19.6. The molecule has 0 amide bonds. The summed E-state index contributed by atoms with van der Waals surface area (Å²) in [5.74, 6) is -0.127. The summed E-state index contributed by atoms with van der Waals surface area (Å²) in [5.41, 5.74) is -0.221. The van der Waals surface area contributed by atoms with E-state index < -0.39 is 0 Å². The van der Waals surface area contributed by atoms with Gasteiger partial charge in [0.25, 0.3) is 16.7 Å². The second kappa shape index (κ2) is 9.33. The molecule has 33 heavy (non-hydrogen) atoms. The van der Waals surface area contributed by atoms with Crippen molar-refractivity contribution in [1.82, 2.24) is 9.13 Å². The molecule has 0 radical (unpaired) electrons. The molecule has 1 aliphatic carbocycles. The molecule has 4 rings (SSSR count). The molecule has 0 spiro atoms. The summed E-state index contributed by atoms with van der Waals surface area (Å²) in [6.45, 7) is 7.38. The average Bonchev–Trinajstić information content (AvgIpc) is 2.81. The smallest absolute Gasteiger partial charge is 0.263 e. The minimum atomic E-state index is -0.364. The molecule has 2 aliphatic rings. The Kier molecular flexibility index (Phi) is 6.49. The number of nitrogens with zero attached hydrogens (tertiary/aromatic N) is 3. The number of aromatic nitrogens is 2. The van der Waals surface area contributed by atoms with E-state index in [1.165, 1.54) is 9.13 Å². The van der Waals surface area contributed by atoms with Crippen LogP contribution in [0.4, 0.5) is 0 Å². The first-order valence-electron chi connectivity index (χ1n) is 12.0. The van der Waals surface area contributed by atoms with E-state index in [0.717, 1.165) is 38.5 Å². The molecule has 7 heteroatoms. The van der Waals surface area contributed by atoms with Gasteiger partial charge in [-0.1, -0.05) is 40.0 Å². The van der Waals surface area contributed by atoms with Gasteiger partial charge in [-0.3, -0.25) is 28.5 Å². The Morgan fingerprint density at radius 1 is 0.788 bits per heavy atom. The van der Waals surface area contributed by atoms with Gasteiger partial charge in [-0.05, 0) is 37.5 Å². The molecule has 2 aromatic rings. The highest BCUT2D eigenvalue weighted by Crippen LogP contribution is 2.36. The zero-order valence-corrected chi connectivity index (χ0v) is 19.6. The van der Waals surface area contributed by atoms with Crippen molar-refractivity contribution in [3.63, 3.8) is 0 Å². The Morgan fingerprint density at radius 3 is 2.09 bits per heavy atom. The van der Waals surface area contributed by atoms with Crippen LogP contribution in [0.3, 0.4) is 0 Å². The van der Waals surface area contributed by atoms with Crippen LogP contribution < -0.4 is 22.0 Å². The van der Waals surface area contributed by atoms with Crippen molar-refractivity contribution < 1.29 is 5.11 Å². The summed E-state index contributed by atoms with van der Waals surface area (Å²) < 4.78 is 2.68. The fourth-order valence-electron chi connectivity index (χ4n) is 4.59. The molecule has 0 saturated heterocycles. The molecular weight excluding hydrogens is 418 g/mol. The molecular formula is C26H31N3O4. The first-order valence-corrected chi connectivity index (χ1v) is 12.0. The van der Waals surface area contributed by atoms with Crippen molar-refractivity contribution in [2.24, 2.45) is 4.99 Å². The van der Waals surface area contributed by atoms with E-state index in [-0.39, 0.29) is 22.6 Å². The van der Waals surface area contributed by atoms with Crippen LogP contribution in [-0.2, 0) is 13.1 Å². The lowest BCUT2D eigenvalue weighted by atomic mass is 9.90. The molecule has 174 valence electrons. The van der Waals surface area contributed by atoms with Gasteiger partial charge < -0.3 is 5.11 Å². The molecule has 0 fully saturated rings. The van der Waals surface area contributed by atoms with E-state index in [0.29, 0.717) is 57.7 Å². The standard InChI is InChI=1S/C26H31N3O4/c1-4-7-12-27-19-15-18-20-16(23(30)28(25(18)32)13-8-5-2)10-11-17-21(20)22(19)26(33)29(24(17)31)14-9-6-3/h10-11,15,31H,4-9,12-14H2,1-3H3. The average molecular weight is 450 g/mol. The molecule has 0 bridgehead atoms. The predicted octanol–water partition coefficient (Wildman–Crippen LogP) is 3.66. The summed E-state index contributed by atoms with van der Waals surface area (Å²) in [7, 11) is 0. The fourth-order valence-corrected chi connectivity index (χ4v) is 4.59. The summed E-state index contributed by atoms with van der Waals surface area (Å²) in [4.78, 5) is 44.9. The molecule has 1 aliphatic heterocycles. The topological polar surface area (TPSA) is 93.7 Å². The first-order chi connectivity index (χ1) is 16.0. The van der Waals surface area contributed by atoms with Gasteiger partial charge in [0.15, 0.2) is 0 Å². The number of pyridine rings is 2. The Morgan fingerprint density at radius 2 is 1.42 bits per heavy atom. The maximum atomic E-state index is 13.6. The predicted molar refractivity (Wildman–Crippen MR) is 132 cm³/mol. The quantitative estimate of drug-likeness (QED) is 0.312. The second-order valence-electron chi connectivity index (χ2n) is 8.71. The van der Waals surface area contributed by atoms with Crippen molar-refractivity contribution >= 4 is 21.5 Å². The Bertz CT molecular complexity index is 1500. The molecule has 1 N–H and O–H groups in total. The van der Waals surface area contributed by atoms with E-state index in [1.807, 2.05) is 13.8 Å². The van der Waals surface area contributed by atoms with Gasteiger partial charge in [-0.15, -0.1) is 0 Å². The van der Waals surface area contributed by atoms with Gasteiger partial charge in [-0.2, -0.15) is 0 Å². The van der Waals surface area contributed by atoms with E-state index in [4.69, 9.17) is 4.99 Å². The highest BCUT2D eigenvalue weighted by atomic mass is 16.3. The minimum Gasteiger partial charge on any atom is -0.494 e. The second-order valence-corrected chi connectivity index (χ2v) is 8.71. The molecule has 1 aromatic carbocycles. The van der Waals surface area contributed by atoms with E-state index >= 15 is 0 Å². The Hall–Kier alpha value is -3.22. The normalized spacial score (nSPS) is 12.6. The lowest BCUT2D eigenvalue weighted by Crippen LogP contribution is -2.36. The van der Waals surface area contributed by atoms with Gasteiger partial charge >= 0.3 is 0 Å². The SMILES string of the molecule is CCCCN=c1cc2c(=O)n(CCCC)c(=O)c3ccc4c(O)n(CCCC)c(=O)c1c4c3-2. The van der Waals surface area contributed by atoms with E-state index in [2.05, 4.69) is 6.92 Å². The molecule has 0 atom stereocenters. The number of rotatable bonds is 9. The zero-order chi connectivity index (χ0) is 23.7. The maximum Gasteiger partial charge on any atom is 0.263 e. The van der Waals surface area contributed by atoms with Crippen molar-refractivity contribution in [3.8, 4) is 17.0 Å². The minimum absolute atomic E-state index is 0.127. The van der Waals surface area contributed by atoms with Crippen molar-refractivity contribution in [3.05, 3.63) is 54.6 Å². The highest BCUT2D eigenvalue weighted by Gasteiger charge is 2.26. The first kappa shape index (κ1) is 23.0. The number of hydrogen-bond donors (Lipinski definition) is 1. The van der Waals surface area contributed by atoms with Gasteiger partial charge in [0.05, 0.1) is 16.3 Å². The summed E-state index contributed by atoms with van der Waals surface area (Å²) in [6.07, 6.45) is 5.02. The lowest BCUT2D eigenvalue weighted by Gasteiger charge is -2.19. The number of benzene rings is 2. The lowest BCUT2D eigenvalue weighted by molar-refractivity contribution is 0.409. The van der Waals surface area contributed by atoms with Crippen LogP contribution in [0.5, 0.6) is 5.88 Å². The van der Waals surface area contributed by atoms with Crippen LogP contribution in [0, 0.1) is 0 Å². The molecule has 2 heterocycles. The molecule has 0 saturated carbocycles. The molecule has 7 nitrogen and oxygen atoms in total. The Labute approximate surface area is 191 Å². The Balaban J connectivity index is 2.23. The van der Waals surface area contributed by atoms with Gasteiger partial charge in [0, 0.05) is 41.4 Å². The van der Waals surface area contributed by atoms with Crippen molar-refractivity contribution in [2.75, 3.05) is 6.54 Å². The van der Waals surface area contributed by atoms with Crippen LogP contribution in [0.2, 0.25) is 0 Å². The third kappa shape index (κ3) is 3.69. The number of hydrogen-bond acceptors (Lipinski definition) is 5. The fraction of sp³-hybridized carbons (Fsp3) is 0.462. The van der Waals surface area contributed by atoms with Gasteiger partial charge in [0.1, 0.15) is 0 Å². The number of unbranched alkanes of at least 4 members (excludes halogenated alkanes) is 3. The van der Waals surface area contributed by atoms with Crippen LogP contribution in [0.25, 0.3) is 32.7 Å². The van der Waals surface area contributed by atoms with Crippen LogP contribution in [0.1, 0.15) is 59.3 Å². The van der Waals surface area contributed by atoms with E-state index in [9.17, 15) is 19.5 Å². The van der Waals surface area contributed by atoms with Crippen LogP contribution in [-0.4, -0.2) is 20.8 Å². The van der Waals surface area contributed by atoms with Gasteiger partial charge in [0.2, 0.25) is 5.88 Å². The monoisotopic (exact) mass is 449 g/mol. The molecule has 0 unspecified atom stereocenters. The largest absolute Gasteiger partial charge is 0.494 e. The molecule has 1 aromatic heterocycles. The summed E-state index contributed by atoms with van der Waals surface area (Å²) >= 11 is 0.